The lowest BCUT2D eigenvalue weighted by atomic mass is 9.84. The van der Waals surface area contributed by atoms with Crippen LogP contribution in [-0.4, -0.2) is 28.5 Å². The van der Waals surface area contributed by atoms with Crippen LogP contribution in [0.15, 0.2) is 66.9 Å². The number of aliphatic carboxylic acids is 1. The van der Waals surface area contributed by atoms with Gasteiger partial charge in [-0.15, -0.1) is 0 Å². The minimum atomic E-state index is -0.941. The largest absolute Gasteiger partial charge is 0.486 e. The smallest absolute Gasteiger partial charge is 0.305 e. The SMILES string of the molecule is CCCCC[C@@H](Oc1ccc(C(=O)NCCC(=O)O)cc1)c1ccc(-c2ccc(C3CCCCC3)cc2)nc1. The molecule has 0 saturated heterocycles. The monoisotopic (exact) mass is 528 g/mol. The Kier molecular flexibility index (Phi) is 10.5. The van der Waals surface area contributed by atoms with Gasteiger partial charge in [0.1, 0.15) is 11.9 Å². The number of ether oxygens (including phenoxy) is 1. The molecule has 206 valence electrons. The van der Waals surface area contributed by atoms with Crippen LogP contribution in [-0.2, 0) is 4.79 Å². The summed E-state index contributed by atoms with van der Waals surface area (Å²) < 4.78 is 6.37. The normalized spacial score (nSPS) is 14.5. The second-order valence-electron chi connectivity index (χ2n) is 10.5. The molecule has 1 saturated carbocycles. The molecule has 2 N–H and O–H groups in total. The molecule has 0 unspecified atom stereocenters. The first-order chi connectivity index (χ1) is 19.0. The van der Waals surface area contributed by atoms with Crippen molar-refractivity contribution in [3.63, 3.8) is 0 Å². The number of hydrogen-bond donors (Lipinski definition) is 2. The van der Waals surface area contributed by atoms with Crippen LogP contribution in [0.5, 0.6) is 5.75 Å². The number of aromatic nitrogens is 1. The summed E-state index contributed by atoms with van der Waals surface area (Å²) in [5.74, 6) is 0.141. The summed E-state index contributed by atoms with van der Waals surface area (Å²) in [5.41, 5.74) is 5.03. The molecule has 1 amide bonds. The molecule has 1 fully saturated rings. The van der Waals surface area contributed by atoms with Crippen molar-refractivity contribution in [2.24, 2.45) is 0 Å². The van der Waals surface area contributed by atoms with E-state index in [2.05, 4.69) is 48.6 Å². The molecule has 2 aromatic carbocycles. The fourth-order valence-electron chi connectivity index (χ4n) is 5.24. The van der Waals surface area contributed by atoms with E-state index in [9.17, 15) is 9.59 Å². The first-order valence-corrected chi connectivity index (χ1v) is 14.4. The van der Waals surface area contributed by atoms with Gasteiger partial charge < -0.3 is 15.2 Å². The minimum absolute atomic E-state index is 0.0968. The summed E-state index contributed by atoms with van der Waals surface area (Å²) in [7, 11) is 0. The number of carboxylic acids is 1. The van der Waals surface area contributed by atoms with Gasteiger partial charge in [-0.1, -0.05) is 69.4 Å². The number of benzene rings is 2. The maximum Gasteiger partial charge on any atom is 0.305 e. The third kappa shape index (κ3) is 8.41. The number of carboxylic acid groups (broad SMARTS) is 1. The van der Waals surface area contributed by atoms with Gasteiger partial charge >= 0.3 is 5.97 Å². The van der Waals surface area contributed by atoms with Crippen molar-refractivity contribution < 1.29 is 19.4 Å². The second-order valence-corrected chi connectivity index (χ2v) is 10.5. The van der Waals surface area contributed by atoms with Crippen LogP contribution < -0.4 is 10.1 Å². The van der Waals surface area contributed by atoms with Crippen molar-refractivity contribution in [2.45, 2.75) is 83.2 Å². The second kappa shape index (κ2) is 14.5. The molecule has 6 nitrogen and oxygen atoms in total. The zero-order valence-corrected chi connectivity index (χ0v) is 22.9. The Labute approximate surface area is 231 Å². The molecule has 39 heavy (non-hydrogen) atoms. The van der Waals surface area contributed by atoms with E-state index in [1.54, 1.807) is 24.3 Å². The van der Waals surface area contributed by atoms with E-state index in [1.807, 2.05) is 6.20 Å². The van der Waals surface area contributed by atoms with Crippen molar-refractivity contribution in [1.82, 2.24) is 10.3 Å². The molecule has 3 aromatic rings. The number of nitrogens with zero attached hydrogens (tertiary/aromatic N) is 1. The van der Waals surface area contributed by atoms with Crippen molar-refractivity contribution >= 4 is 11.9 Å². The summed E-state index contributed by atoms with van der Waals surface area (Å²) in [5, 5.41) is 11.4. The molecule has 1 aliphatic rings. The van der Waals surface area contributed by atoms with Gasteiger partial charge in [-0.3, -0.25) is 14.6 Å². The van der Waals surface area contributed by atoms with Crippen LogP contribution >= 0.6 is 0 Å². The maximum atomic E-state index is 12.3. The number of unbranched alkanes of at least 4 members (excludes halogenated alkanes) is 2. The lowest BCUT2D eigenvalue weighted by Gasteiger charge is -2.22. The highest BCUT2D eigenvalue weighted by Crippen LogP contribution is 2.34. The molecular weight excluding hydrogens is 488 g/mol. The van der Waals surface area contributed by atoms with E-state index in [4.69, 9.17) is 14.8 Å². The number of rotatable bonds is 13. The Hall–Kier alpha value is -3.67. The summed E-state index contributed by atoms with van der Waals surface area (Å²) in [4.78, 5) is 27.7. The molecule has 0 spiro atoms. The van der Waals surface area contributed by atoms with Crippen LogP contribution in [0.1, 0.15) is 105 Å². The first-order valence-electron chi connectivity index (χ1n) is 14.4. The predicted molar refractivity (Wildman–Crippen MR) is 154 cm³/mol. The number of pyridine rings is 1. The summed E-state index contributed by atoms with van der Waals surface area (Å²) >= 11 is 0. The number of amides is 1. The third-order valence-electron chi connectivity index (χ3n) is 7.53. The van der Waals surface area contributed by atoms with Gasteiger partial charge in [-0.05, 0) is 67.5 Å². The van der Waals surface area contributed by atoms with Crippen LogP contribution in [0, 0.1) is 0 Å². The summed E-state index contributed by atoms with van der Waals surface area (Å²) in [6.45, 7) is 2.28. The van der Waals surface area contributed by atoms with E-state index in [1.165, 1.54) is 37.7 Å². The van der Waals surface area contributed by atoms with Gasteiger partial charge in [0.05, 0.1) is 12.1 Å². The lowest BCUT2D eigenvalue weighted by Crippen LogP contribution is -2.25. The van der Waals surface area contributed by atoms with E-state index >= 15 is 0 Å². The van der Waals surface area contributed by atoms with Crippen molar-refractivity contribution in [3.8, 4) is 17.0 Å². The topological polar surface area (TPSA) is 88.5 Å². The number of nitrogens with one attached hydrogen (secondary N) is 1. The summed E-state index contributed by atoms with van der Waals surface area (Å²) in [6.07, 6.45) is 12.5. The average Bonchev–Trinajstić information content (AvgIpc) is 2.97. The zero-order chi connectivity index (χ0) is 27.5. The quantitative estimate of drug-likeness (QED) is 0.222. The Balaban J connectivity index is 1.41. The average molecular weight is 529 g/mol. The van der Waals surface area contributed by atoms with Crippen LogP contribution in [0.2, 0.25) is 0 Å². The van der Waals surface area contributed by atoms with Gasteiger partial charge in [0.15, 0.2) is 0 Å². The molecule has 6 heteroatoms. The number of carbonyl (C=O) groups is 2. The molecule has 0 radical (unpaired) electrons. The highest BCUT2D eigenvalue weighted by molar-refractivity contribution is 5.94. The molecule has 1 heterocycles. The first kappa shape index (κ1) is 28.3. The van der Waals surface area contributed by atoms with Gasteiger partial charge in [0.2, 0.25) is 0 Å². The lowest BCUT2D eigenvalue weighted by molar-refractivity contribution is -0.136. The minimum Gasteiger partial charge on any atom is -0.486 e. The molecule has 1 aliphatic carbocycles. The fraction of sp³-hybridized carbons (Fsp3) is 0.424. The van der Waals surface area contributed by atoms with Crippen molar-refractivity contribution in [2.75, 3.05) is 6.54 Å². The fourth-order valence-corrected chi connectivity index (χ4v) is 5.24. The Morgan fingerprint density at radius 2 is 1.72 bits per heavy atom. The Bertz CT molecular complexity index is 1180. The van der Waals surface area contributed by atoms with E-state index in [0.717, 1.165) is 42.5 Å². The number of carbonyl (C=O) groups excluding carboxylic acids is 1. The van der Waals surface area contributed by atoms with Crippen LogP contribution in [0.25, 0.3) is 11.3 Å². The summed E-state index contributed by atoms with van der Waals surface area (Å²) in [6, 6.07) is 20.1. The molecule has 1 aromatic heterocycles. The van der Waals surface area contributed by atoms with Gasteiger partial charge in [0, 0.05) is 29.4 Å². The molecule has 0 aliphatic heterocycles. The Morgan fingerprint density at radius 3 is 2.36 bits per heavy atom. The van der Waals surface area contributed by atoms with Crippen molar-refractivity contribution in [3.05, 3.63) is 83.6 Å². The van der Waals surface area contributed by atoms with Gasteiger partial charge in [-0.2, -0.15) is 0 Å². The third-order valence-corrected chi connectivity index (χ3v) is 7.53. The van der Waals surface area contributed by atoms with E-state index < -0.39 is 5.97 Å². The highest BCUT2D eigenvalue weighted by atomic mass is 16.5. The van der Waals surface area contributed by atoms with Crippen molar-refractivity contribution in [1.29, 1.82) is 0 Å². The standard InChI is InChI=1S/C33H40N2O4/c1-2-3-5-10-31(39-29-18-15-27(16-19-29)33(38)34-22-21-32(36)37)28-17-20-30(35-23-28)26-13-11-25(12-14-26)24-8-6-4-7-9-24/h11-20,23-24,31H,2-10,21-22H2,1H3,(H,34,38)(H,36,37)/t31-/m1/s1. The van der Waals surface area contributed by atoms with Crippen LogP contribution in [0.4, 0.5) is 0 Å². The molecule has 1 atom stereocenters. The maximum absolute atomic E-state index is 12.3. The van der Waals surface area contributed by atoms with Gasteiger partial charge in [-0.25, -0.2) is 0 Å². The molecule has 4 rings (SSSR count). The predicted octanol–water partition coefficient (Wildman–Crippen LogP) is 7.70. The number of hydrogen-bond acceptors (Lipinski definition) is 4. The molecule has 0 bridgehead atoms. The Morgan fingerprint density at radius 1 is 0.974 bits per heavy atom. The molecular formula is C33H40N2O4. The van der Waals surface area contributed by atoms with Crippen LogP contribution in [0.3, 0.4) is 0 Å². The zero-order valence-electron chi connectivity index (χ0n) is 22.9. The van der Waals surface area contributed by atoms with E-state index in [0.29, 0.717) is 17.2 Å². The highest BCUT2D eigenvalue weighted by Gasteiger charge is 2.17. The van der Waals surface area contributed by atoms with E-state index in [-0.39, 0.29) is 25.0 Å². The van der Waals surface area contributed by atoms with Gasteiger partial charge in [0.25, 0.3) is 5.91 Å².